The minimum atomic E-state index is -0.403. The molecule has 2 rings (SSSR count). The average Bonchev–Trinajstić information content (AvgIpc) is 2.67. The second-order valence-corrected chi connectivity index (χ2v) is 6.13. The van der Waals surface area contributed by atoms with Crippen LogP contribution in [0.4, 0.5) is 0 Å². The Morgan fingerprint density at radius 2 is 1.81 bits per heavy atom. The van der Waals surface area contributed by atoms with Crippen molar-refractivity contribution in [2.24, 2.45) is 0 Å². The number of hydrogen-bond acceptors (Lipinski definition) is 5. The Morgan fingerprint density at radius 3 is 2.41 bits per heavy atom. The molecule has 0 saturated carbocycles. The first-order chi connectivity index (χ1) is 13.0. The second-order valence-electron chi connectivity index (χ2n) is 6.13. The molecule has 0 aliphatic rings. The fourth-order valence-corrected chi connectivity index (χ4v) is 2.65. The van der Waals surface area contributed by atoms with Crippen molar-refractivity contribution in [1.82, 2.24) is 0 Å². The van der Waals surface area contributed by atoms with Crippen LogP contribution in [0.25, 0.3) is 6.08 Å². The highest BCUT2D eigenvalue weighted by atomic mass is 16.5. The predicted octanol–water partition coefficient (Wildman–Crippen LogP) is 4.31. The molecule has 0 radical (unpaired) electrons. The number of carbonyl (C=O) groups excluding carboxylic acids is 2. The van der Waals surface area contributed by atoms with Crippen molar-refractivity contribution in [2.75, 3.05) is 7.11 Å². The van der Waals surface area contributed by atoms with Crippen LogP contribution >= 0.6 is 0 Å². The summed E-state index contributed by atoms with van der Waals surface area (Å²) in [4.78, 5) is 22.7. The Morgan fingerprint density at radius 1 is 1.11 bits per heavy atom. The number of benzene rings is 2. The Bertz CT molecular complexity index is 835. The molecule has 0 heterocycles. The number of ketones is 1. The van der Waals surface area contributed by atoms with E-state index >= 15 is 0 Å². The smallest absolute Gasteiger partial charge is 0.330 e. The predicted molar refractivity (Wildman–Crippen MR) is 104 cm³/mol. The number of rotatable bonds is 8. The molecule has 2 aromatic carbocycles. The first kappa shape index (κ1) is 20.2. The molecule has 5 nitrogen and oxygen atoms in total. The minimum Gasteiger partial charge on any atom is -0.507 e. The van der Waals surface area contributed by atoms with Gasteiger partial charge in [-0.15, -0.1) is 0 Å². The van der Waals surface area contributed by atoms with Gasteiger partial charge in [0, 0.05) is 11.6 Å². The molecule has 0 saturated heterocycles. The third kappa shape index (κ3) is 5.45. The third-order valence-electron chi connectivity index (χ3n) is 4.11. The van der Waals surface area contributed by atoms with Crippen LogP contribution in [0.3, 0.4) is 0 Å². The zero-order valence-electron chi connectivity index (χ0n) is 15.8. The second kappa shape index (κ2) is 9.57. The zero-order chi connectivity index (χ0) is 19.8. The number of esters is 1. The Balaban J connectivity index is 2.12. The molecule has 0 aliphatic carbocycles. The Hall–Kier alpha value is -3.08. The van der Waals surface area contributed by atoms with Crippen molar-refractivity contribution in [1.29, 1.82) is 0 Å². The summed E-state index contributed by atoms with van der Waals surface area (Å²) in [6.07, 6.45) is 4.49. The van der Waals surface area contributed by atoms with Crippen LogP contribution in [0.5, 0.6) is 11.5 Å². The highest BCUT2D eigenvalue weighted by Gasteiger charge is 2.15. The van der Waals surface area contributed by atoms with Gasteiger partial charge in [0.25, 0.3) is 0 Å². The van der Waals surface area contributed by atoms with E-state index in [9.17, 15) is 14.7 Å². The van der Waals surface area contributed by atoms with E-state index < -0.39 is 5.97 Å². The van der Waals surface area contributed by atoms with Gasteiger partial charge in [0.05, 0.1) is 12.7 Å². The van der Waals surface area contributed by atoms with Gasteiger partial charge in [0.15, 0.2) is 5.78 Å². The molecule has 0 unspecified atom stereocenters. The molecule has 0 amide bonds. The first-order valence-electron chi connectivity index (χ1n) is 8.79. The Labute approximate surface area is 159 Å². The van der Waals surface area contributed by atoms with Crippen molar-refractivity contribution < 1.29 is 24.2 Å². The van der Waals surface area contributed by atoms with Gasteiger partial charge in [-0.05, 0) is 42.7 Å². The summed E-state index contributed by atoms with van der Waals surface area (Å²) in [6, 6.07) is 10.9. The van der Waals surface area contributed by atoms with Gasteiger partial charge in [0.1, 0.15) is 18.1 Å². The quantitative estimate of drug-likeness (QED) is 0.427. The normalized spacial score (nSPS) is 10.8. The number of hydrogen-bond donors (Lipinski definition) is 1. The molecule has 0 atom stereocenters. The fourth-order valence-electron chi connectivity index (χ4n) is 2.65. The monoisotopic (exact) mass is 368 g/mol. The van der Waals surface area contributed by atoms with Crippen molar-refractivity contribution in [3.05, 3.63) is 64.7 Å². The number of phenolic OH excluding ortho intramolecular Hbond substituents is 1. The highest BCUT2D eigenvalue weighted by Crippen LogP contribution is 2.33. The lowest BCUT2D eigenvalue weighted by Gasteiger charge is -2.14. The summed E-state index contributed by atoms with van der Waals surface area (Å²) in [7, 11) is 1.33. The van der Waals surface area contributed by atoms with Crippen LogP contribution in [0.15, 0.2) is 42.5 Å². The van der Waals surface area contributed by atoms with Crippen LogP contribution in [0, 0.1) is 0 Å². The molecule has 142 valence electrons. The molecule has 27 heavy (non-hydrogen) atoms. The van der Waals surface area contributed by atoms with Crippen LogP contribution in [-0.4, -0.2) is 24.0 Å². The zero-order valence-corrected chi connectivity index (χ0v) is 15.8. The SMILES string of the molecule is CCCc1c(OCc2ccc(C=CC(=O)OC)cc2)ccc(C(C)=O)c1O. The first-order valence-corrected chi connectivity index (χ1v) is 8.79. The summed E-state index contributed by atoms with van der Waals surface area (Å²) in [6.45, 7) is 3.77. The number of phenols is 1. The maximum absolute atomic E-state index is 11.6. The maximum Gasteiger partial charge on any atom is 0.330 e. The summed E-state index contributed by atoms with van der Waals surface area (Å²) in [5.41, 5.74) is 2.79. The van der Waals surface area contributed by atoms with Gasteiger partial charge in [-0.2, -0.15) is 0 Å². The minimum absolute atomic E-state index is 0.00476. The van der Waals surface area contributed by atoms with E-state index in [0.717, 1.165) is 17.5 Å². The number of ether oxygens (including phenoxy) is 2. The number of Topliss-reactive ketones (excluding diaryl/α,β-unsaturated/α-hetero) is 1. The molecule has 0 spiro atoms. The Kier molecular flexibility index (Phi) is 7.17. The van der Waals surface area contributed by atoms with Gasteiger partial charge < -0.3 is 14.6 Å². The lowest BCUT2D eigenvalue weighted by atomic mass is 10.0. The van der Waals surface area contributed by atoms with Crippen LogP contribution in [0.1, 0.15) is 47.3 Å². The van der Waals surface area contributed by atoms with E-state index in [-0.39, 0.29) is 11.5 Å². The van der Waals surface area contributed by atoms with E-state index in [1.54, 1.807) is 18.2 Å². The summed E-state index contributed by atoms with van der Waals surface area (Å²) < 4.78 is 10.4. The lowest BCUT2D eigenvalue weighted by Crippen LogP contribution is -2.02. The van der Waals surface area contributed by atoms with Gasteiger partial charge in [-0.1, -0.05) is 37.6 Å². The molecular weight excluding hydrogens is 344 g/mol. The van der Waals surface area contributed by atoms with E-state index in [0.29, 0.717) is 29.9 Å². The van der Waals surface area contributed by atoms with E-state index in [4.69, 9.17) is 4.74 Å². The molecule has 0 aromatic heterocycles. The fraction of sp³-hybridized carbons (Fsp3) is 0.273. The van der Waals surface area contributed by atoms with E-state index in [2.05, 4.69) is 4.74 Å². The van der Waals surface area contributed by atoms with Crippen LogP contribution < -0.4 is 4.74 Å². The van der Waals surface area contributed by atoms with Crippen LogP contribution in [0.2, 0.25) is 0 Å². The molecule has 0 fully saturated rings. The maximum atomic E-state index is 11.6. The average molecular weight is 368 g/mol. The van der Waals surface area contributed by atoms with Gasteiger partial charge in [-0.25, -0.2) is 4.79 Å². The van der Waals surface area contributed by atoms with Crippen molar-refractivity contribution in [3.63, 3.8) is 0 Å². The number of carbonyl (C=O) groups is 2. The van der Waals surface area contributed by atoms with E-state index in [1.165, 1.54) is 20.1 Å². The topological polar surface area (TPSA) is 72.8 Å². The highest BCUT2D eigenvalue weighted by molar-refractivity contribution is 5.97. The van der Waals surface area contributed by atoms with Crippen LogP contribution in [-0.2, 0) is 22.6 Å². The van der Waals surface area contributed by atoms with Gasteiger partial charge in [-0.3, -0.25) is 4.79 Å². The molecule has 2 aromatic rings. The number of aromatic hydroxyl groups is 1. The molecule has 0 bridgehead atoms. The number of methoxy groups -OCH3 is 1. The molecule has 5 heteroatoms. The molecular formula is C22H24O5. The van der Waals surface area contributed by atoms with Gasteiger partial charge in [0.2, 0.25) is 0 Å². The van der Waals surface area contributed by atoms with E-state index in [1.807, 2.05) is 31.2 Å². The van der Waals surface area contributed by atoms with Crippen molar-refractivity contribution >= 4 is 17.8 Å². The summed E-state index contributed by atoms with van der Waals surface area (Å²) >= 11 is 0. The summed E-state index contributed by atoms with van der Waals surface area (Å²) in [5.74, 6) is 0.00541. The van der Waals surface area contributed by atoms with Gasteiger partial charge >= 0.3 is 5.97 Å². The third-order valence-corrected chi connectivity index (χ3v) is 4.11. The molecule has 1 N–H and O–H groups in total. The standard InChI is InChI=1S/C22H24O5/c1-4-5-19-20(12-11-18(15(2)23)22(19)25)27-14-17-8-6-16(7-9-17)10-13-21(24)26-3/h6-13,25H,4-5,14H2,1-3H3. The largest absolute Gasteiger partial charge is 0.507 e. The van der Waals surface area contributed by atoms with Crippen molar-refractivity contribution in [3.8, 4) is 11.5 Å². The molecule has 0 aliphatic heterocycles. The summed E-state index contributed by atoms with van der Waals surface area (Å²) in [5, 5.41) is 10.4. The lowest BCUT2D eigenvalue weighted by molar-refractivity contribution is -0.134. The van der Waals surface area contributed by atoms with Crippen molar-refractivity contribution in [2.45, 2.75) is 33.3 Å².